The van der Waals surface area contributed by atoms with E-state index in [2.05, 4.69) is 27.3 Å². The fraction of sp³-hybridized carbons (Fsp3) is 0.562. The maximum atomic E-state index is 11.4. The number of sulfonamides is 1. The second-order valence-electron chi connectivity index (χ2n) is 5.44. The normalized spacial score (nSPS) is 12.0. The Labute approximate surface area is 139 Å². The number of unbranched alkanes of at least 4 members (excludes halogenated alkanes) is 3. The molecule has 0 aliphatic rings. The molecule has 0 spiro atoms. The summed E-state index contributed by atoms with van der Waals surface area (Å²) in [5.41, 5.74) is 1.45. The van der Waals surface area contributed by atoms with Crippen LogP contribution in [0.1, 0.15) is 38.2 Å². The summed E-state index contributed by atoms with van der Waals surface area (Å²) in [7, 11) is -1.57. The Hall–Kier alpha value is -1.76. The van der Waals surface area contributed by atoms with Crippen LogP contribution in [0.15, 0.2) is 29.3 Å². The fourth-order valence-corrected chi connectivity index (χ4v) is 2.73. The summed E-state index contributed by atoms with van der Waals surface area (Å²) in [6.07, 6.45) is 5.94. The second-order valence-corrected chi connectivity index (χ2v) is 7.19. The lowest BCUT2D eigenvalue weighted by Crippen LogP contribution is -2.37. The number of rotatable bonds is 9. The van der Waals surface area contributed by atoms with Gasteiger partial charge in [0.25, 0.3) is 0 Å². The minimum Gasteiger partial charge on any atom is -0.356 e. The summed E-state index contributed by atoms with van der Waals surface area (Å²) in [6.45, 7) is 3.56. The average molecular weight is 340 g/mol. The van der Waals surface area contributed by atoms with E-state index >= 15 is 0 Å². The molecule has 0 heterocycles. The van der Waals surface area contributed by atoms with Gasteiger partial charge in [0.05, 0.1) is 11.9 Å². The minimum absolute atomic E-state index is 0.493. The lowest BCUT2D eigenvalue weighted by atomic mass is 10.2. The number of nitrogens with one attached hydrogen (secondary N) is 3. The third-order valence-corrected chi connectivity index (χ3v) is 3.90. The summed E-state index contributed by atoms with van der Waals surface area (Å²) < 4.78 is 25.3. The minimum atomic E-state index is -3.29. The molecule has 0 bridgehead atoms. The van der Waals surface area contributed by atoms with Crippen LogP contribution in [0.5, 0.6) is 0 Å². The van der Waals surface area contributed by atoms with Gasteiger partial charge in [0, 0.05) is 20.1 Å². The Morgan fingerprint density at radius 1 is 1.13 bits per heavy atom. The van der Waals surface area contributed by atoms with Crippen LogP contribution in [0, 0.1) is 0 Å². The van der Waals surface area contributed by atoms with Crippen LogP contribution in [0.4, 0.5) is 5.69 Å². The third-order valence-electron chi connectivity index (χ3n) is 3.31. The van der Waals surface area contributed by atoms with Gasteiger partial charge in [0.15, 0.2) is 5.96 Å². The Kier molecular flexibility index (Phi) is 8.47. The van der Waals surface area contributed by atoms with Crippen LogP contribution in [-0.4, -0.2) is 34.2 Å². The molecule has 1 rings (SSSR count). The van der Waals surface area contributed by atoms with Crippen LogP contribution >= 0.6 is 0 Å². The van der Waals surface area contributed by atoms with Gasteiger partial charge in [0.1, 0.15) is 0 Å². The van der Waals surface area contributed by atoms with E-state index in [0.717, 1.165) is 30.7 Å². The summed E-state index contributed by atoms with van der Waals surface area (Å²) in [5.74, 6) is 0.718. The van der Waals surface area contributed by atoms with E-state index in [9.17, 15) is 8.42 Å². The Bertz CT molecular complexity index is 600. The largest absolute Gasteiger partial charge is 0.356 e. The quantitative estimate of drug-likeness (QED) is 0.366. The van der Waals surface area contributed by atoms with E-state index in [1.165, 1.54) is 19.3 Å². The first-order chi connectivity index (χ1) is 11.0. The zero-order valence-corrected chi connectivity index (χ0v) is 15.0. The predicted octanol–water partition coefficient (Wildman–Crippen LogP) is 2.30. The Morgan fingerprint density at radius 3 is 2.52 bits per heavy atom. The van der Waals surface area contributed by atoms with E-state index in [1.54, 1.807) is 19.2 Å². The molecule has 0 radical (unpaired) electrons. The SMILES string of the molecule is CCCCCCNC(=NC)NCc1ccccc1NS(C)(=O)=O. The number of hydrogen-bond donors (Lipinski definition) is 3. The first-order valence-electron chi connectivity index (χ1n) is 7.96. The van der Waals surface area contributed by atoms with Crippen LogP contribution in [0.2, 0.25) is 0 Å². The number of guanidine groups is 1. The van der Waals surface area contributed by atoms with Crippen LogP contribution in [0.25, 0.3) is 0 Å². The first-order valence-corrected chi connectivity index (χ1v) is 9.85. The van der Waals surface area contributed by atoms with Crippen molar-refractivity contribution < 1.29 is 8.42 Å². The molecule has 0 aromatic heterocycles. The highest BCUT2D eigenvalue weighted by Crippen LogP contribution is 2.15. The van der Waals surface area contributed by atoms with Crippen LogP contribution in [0.3, 0.4) is 0 Å². The highest BCUT2D eigenvalue weighted by Gasteiger charge is 2.07. The van der Waals surface area contributed by atoms with Gasteiger partial charge in [-0.3, -0.25) is 9.71 Å². The van der Waals surface area contributed by atoms with E-state index in [1.807, 2.05) is 12.1 Å². The van der Waals surface area contributed by atoms with Crippen LogP contribution < -0.4 is 15.4 Å². The molecular formula is C16H28N4O2S. The predicted molar refractivity (Wildman–Crippen MR) is 97.3 cm³/mol. The van der Waals surface area contributed by atoms with Crippen molar-refractivity contribution in [3.63, 3.8) is 0 Å². The summed E-state index contributed by atoms with van der Waals surface area (Å²) in [5, 5.41) is 6.47. The number of aliphatic imine (C=N–C) groups is 1. The number of hydrogen-bond acceptors (Lipinski definition) is 3. The Morgan fingerprint density at radius 2 is 1.87 bits per heavy atom. The number of nitrogens with zero attached hydrogens (tertiary/aromatic N) is 1. The maximum Gasteiger partial charge on any atom is 0.229 e. The molecular weight excluding hydrogens is 312 g/mol. The molecule has 7 heteroatoms. The fourth-order valence-electron chi connectivity index (χ4n) is 2.13. The van der Waals surface area contributed by atoms with Crippen molar-refractivity contribution in [2.75, 3.05) is 24.6 Å². The molecule has 1 aromatic carbocycles. The number of benzene rings is 1. The zero-order valence-electron chi connectivity index (χ0n) is 14.2. The highest BCUT2D eigenvalue weighted by atomic mass is 32.2. The lowest BCUT2D eigenvalue weighted by molar-refractivity contribution is 0.606. The summed E-state index contributed by atoms with van der Waals surface area (Å²) >= 11 is 0. The molecule has 0 amide bonds. The van der Waals surface area contributed by atoms with Gasteiger partial charge in [-0.1, -0.05) is 44.4 Å². The zero-order chi connectivity index (χ0) is 17.1. The molecule has 1 aromatic rings. The molecule has 0 fully saturated rings. The topological polar surface area (TPSA) is 82.6 Å². The van der Waals surface area contributed by atoms with Crippen molar-refractivity contribution in [2.45, 2.75) is 39.2 Å². The van der Waals surface area contributed by atoms with Gasteiger partial charge < -0.3 is 10.6 Å². The van der Waals surface area contributed by atoms with Gasteiger partial charge in [-0.05, 0) is 18.1 Å². The molecule has 0 atom stereocenters. The van der Waals surface area contributed by atoms with Crippen molar-refractivity contribution >= 4 is 21.7 Å². The molecule has 0 unspecified atom stereocenters. The van der Waals surface area contributed by atoms with Crippen molar-refractivity contribution in [1.29, 1.82) is 0 Å². The molecule has 0 saturated carbocycles. The third kappa shape index (κ3) is 8.44. The molecule has 3 N–H and O–H groups in total. The van der Waals surface area contributed by atoms with Crippen molar-refractivity contribution in [3.8, 4) is 0 Å². The van der Waals surface area contributed by atoms with E-state index in [4.69, 9.17) is 0 Å². The van der Waals surface area contributed by atoms with E-state index in [-0.39, 0.29) is 0 Å². The molecule has 0 saturated heterocycles. The van der Waals surface area contributed by atoms with E-state index < -0.39 is 10.0 Å². The van der Waals surface area contributed by atoms with Crippen LogP contribution in [-0.2, 0) is 16.6 Å². The Balaban J connectivity index is 2.53. The van der Waals surface area contributed by atoms with Gasteiger partial charge in [-0.2, -0.15) is 0 Å². The lowest BCUT2D eigenvalue weighted by Gasteiger charge is -2.14. The molecule has 0 aliphatic carbocycles. The van der Waals surface area contributed by atoms with Gasteiger partial charge >= 0.3 is 0 Å². The first kappa shape index (κ1) is 19.3. The van der Waals surface area contributed by atoms with Gasteiger partial charge in [-0.25, -0.2) is 8.42 Å². The smallest absolute Gasteiger partial charge is 0.229 e. The summed E-state index contributed by atoms with van der Waals surface area (Å²) in [4.78, 5) is 4.18. The molecule has 23 heavy (non-hydrogen) atoms. The summed E-state index contributed by atoms with van der Waals surface area (Å²) in [6, 6.07) is 7.32. The standard InChI is InChI=1S/C16H28N4O2S/c1-4-5-6-9-12-18-16(17-2)19-13-14-10-7-8-11-15(14)20-23(3,21)22/h7-8,10-11,20H,4-6,9,12-13H2,1-3H3,(H2,17,18,19). The number of anilines is 1. The van der Waals surface area contributed by atoms with E-state index in [0.29, 0.717) is 12.2 Å². The van der Waals surface area contributed by atoms with Gasteiger partial charge in [0.2, 0.25) is 10.0 Å². The molecule has 6 nitrogen and oxygen atoms in total. The second kappa shape index (κ2) is 10.1. The van der Waals surface area contributed by atoms with Crippen molar-refractivity contribution in [3.05, 3.63) is 29.8 Å². The monoisotopic (exact) mass is 340 g/mol. The number of para-hydroxylation sites is 1. The molecule has 0 aliphatic heterocycles. The highest BCUT2D eigenvalue weighted by molar-refractivity contribution is 7.92. The molecule has 130 valence electrons. The van der Waals surface area contributed by atoms with Crippen molar-refractivity contribution in [1.82, 2.24) is 10.6 Å². The average Bonchev–Trinajstić information content (AvgIpc) is 2.50. The van der Waals surface area contributed by atoms with Gasteiger partial charge in [-0.15, -0.1) is 0 Å². The maximum absolute atomic E-state index is 11.4. The van der Waals surface area contributed by atoms with Crippen molar-refractivity contribution in [2.24, 2.45) is 4.99 Å².